The molecule has 198 valence electrons. The molecule has 0 radical (unpaired) electrons. The number of amides is 1. The number of pyridine rings is 1. The van der Waals surface area contributed by atoms with Gasteiger partial charge >= 0.3 is 6.18 Å². The Balaban J connectivity index is 1.73. The number of rotatable bonds is 6. The average Bonchev–Trinajstić information content (AvgIpc) is 3.34. The van der Waals surface area contributed by atoms with Crippen LogP contribution in [0.1, 0.15) is 60.1 Å². The van der Waals surface area contributed by atoms with Crippen molar-refractivity contribution in [2.24, 2.45) is 0 Å². The fourth-order valence-corrected chi connectivity index (χ4v) is 4.61. The molecule has 12 heteroatoms. The zero-order chi connectivity index (χ0) is 27.0. The van der Waals surface area contributed by atoms with E-state index < -0.39 is 58.8 Å². The molecule has 0 aliphatic heterocycles. The third-order valence-corrected chi connectivity index (χ3v) is 6.88. The molecule has 2 heterocycles. The highest BCUT2D eigenvalue weighted by molar-refractivity contribution is 6.32. The average molecular weight is 543 g/mol. The summed E-state index contributed by atoms with van der Waals surface area (Å²) in [6, 6.07) is 6.09. The standard InChI is InChI=1S/C25H24ClF5N4O2/c1-2-35-14-17(12-33-35)15-4-3-5-16(10-15)20(23(37)6-8-24(27,28)9-7-23)34-22(36)19-11-18(25(29,30)31)13-32-21(19)26/h3-5,10-14,20,37H,2,6-9H2,1H3,(H,34,36). The molecule has 1 fully saturated rings. The summed E-state index contributed by atoms with van der Waals surface area (Å²) in [4.78, 5) is 16.6. The third-order valence-electron chi connectivity index (χ3n) is 6.58. The second-order valence-corrected chi connectivity index (χ2v) is 9.49. The number of hydrogen-bond acceptors (Lipinski definition) is 4. The van der Waals surface area contributed by atoms with Crippen LogP contribution in [0.3, 0.4) is 0 Å². The third kappa shape index (κ3) is 5.93. The molecular formula is C25H24ClF5N4O2. The summed E-state index contributed by atoms with van der Waals surface area (Å²) in [6.45, 7) is 2.55. The minimum Gasteiger partial charge on any atom is -0.387 e. The molecule has 6 nitrogen and oxygen atoms in total. The smallest absolute Gasteiger partial charge is 0.387 e. The van der Waals surface area contributed by atoms with Crippen molar-refractivity contribution in [3.8, 4) is 11.1 Å². The van der Waals surface area contributed by atoms with Gasteiger partial charge < -0.3 is 10.4 Å². The van der Waals surface area contributed by atoms with Gasteiger partial charge in [0.05, 0.1) is 29.0 Å². The van der Waals surface area contributed by atoms with Crippen LogP contribution in [0.15, 0.2) is 48.9 Å². The normalized spacial score (nSPS) is 17.8. The molecular weight excluding hydrogens is 519 g/mol. The molecule has 2 N–H and O–H groups in total. The SMILES string of the molecule is CCn1cc(-c2cccc(C(NC(=O)c3cc(C(F)(F)F)cnc3Cl)C3(O)CCC(F)(F)CC3)c2)cn1. The van der Waals surface area contributed by atoms with Crippen LogP contribution in [0, 0.1) is 0 Å². The first-order valence-corrected chi connectivity index (χ1v) is 12.0. The number of alkyl halides is 5. The van der Waals surface area contributed by atoms with Crippen molar-refractivity contribution in [2.45, 2.75) is 62.9 Å². The zero-order valence-corrected chi connectivity index (χ0v) is 20.5. The fourth-order valence-electron chi connectivity index (χ4n) is 4.42. The number of aromatic nitrogens is 3. The Bertz CT molecular complexity index is 1280. The summed E-state index contributed by atoms with van der Waals surface area (Å²) in [7, 11) is 0. The maximum absolute atomic E-state index is 13.9. The Kier molecular flexibility index (Phi) is 7.31. The number of carbonyl (C=O) groups excluding carboxylic acids is 1. The molecule has 37 heavy (non-hydrogen) atoms. The summed E-state index contributed by atoms with van der Waals surface area (Å²) >= 11 is 5.94. The predicted octanol–water partition coefficient (Wildman–Crippen LogP) is 6.05. The second-order valence-electron chi connectivity index (χ2n) is 9.14. The number of aliphatic hydroxyl groups is 1. The molecule has 1 atom stereocenters. The monoisotopic (exact) mass is 542 g/mol. The highest BCUT2D eigenvalue weighted by atomic mass is 35.5. The van der Waals surface area contributed by atoms with Gasteiger partial charge in [0.2, 0.25) is 5.92 Å². The zero-order valence-electron chi connectivity index (χ0n) is 19.7. The van der Waals surface area contributed by atoms with E-state index in [0.29, 0.717) is 29.9 Å². The predicted molar refractivity (Wildman–Crippen MR) is 126 cm³/mol. The quantitative estimate of drug-likeness (QED) is 0.294. The number of aryl methyl sites for hydroxylation is 1. The topological polar surface area (TPSA) is 80.0 Å². The molecule has 1 aromatic carbocycles. The van der Waals surface area contributed by atoms with Gasteiger partial charge in [-0.3, -0.25) is 9.48 Å². The van der Waals surface area contributed by atoms with Crippen LogP contribution in [0.4, 0.5) is 22.0 Å². The first-order valence-electron chi connectivity index (χ1n) is 11.6. The van der Waals surface area contributed by atoms with Gasteiger partial charge in [-0.2, -0.15) is 18.3 Å². The Hall–Kier alpha value is -3.05. The van der Waals surface area contributed by atoms with E-state index in [0.717, 1.165) is 5.56 Å². The van der Waals surface area contributed by atoms with E-state index >= 15 is 0 Å². The minimum atomic E-state index is -4.77. The van der Waals surface area contributed by atoms with Crippen molar-refractivity contribution in [3.05, 3.63) is 70.8 Å². The Morgan fingerprint density at radius 2 is 1.86 bits per heavy atom. The van der Waals surface area contributed by atoms with Crippen molar-refractivity contribution in [2.75, 3.05) is 0 Å². The fraction of sp³-hybridized carbons (Fsp3) is 0.400. The first kappa shape index (κ1) is 27.0. The van der Waals surface area contributed by atoms with Gasteiger partial charge in [0.1, 0.15) is 5.15 Å². The highest BCUT2D eigenvalue weighted by Crippen LogP contribution is 2.45. The number of nitrogens with zero attached hydrogens (tertiary/aromatic N) is 3. The van der Waals surface area contributed by atoms with E-state index in [9.17, 15) is 31.9 Å². The Morgan fingerprint density at radius 3 is 2.49 bits per heavy atom. The van der Waals surface area contributed by atoms with Crippen molar-refractivity contribution < 1.29 is 31.9 Å². The van der Waals surface area contributed by atoms with E-state index in [4.69, 9.17) is 11.6 Å². The molecule has 1 amide bonds. The van der Waals surface area contributed by atoms with Crippen LogP contribution in [0.5, 0.6) is 0 Å². The van der Waals surface area contributed by atoms with Crippen LogP contribution in [0.2, 0.25) is 5.15 Å². The van der Waals surface area contributed by atoms with Crippen LogP contribution in [-0.4, -0.2) is 37.3 Å². The van der Waals surface area contributed by atoms with Crippen LogP contribution in [-0.2, 0) is 12.7 Å². The number of hydrogen-bond donors (Lipinski definition) is 2. The molecule has 1 aliphatic carbocycles. The maximum Gasteiger partial charge on any atom is 0.417 e. The van der Waals surface area contributed by atoms with Crippen LogP contribution >= 0.6 is 11.6 Å². The van der Waals surface area contributed by atoms with Gasteiger partial charge in [-0.25, -0.2) is 13.8 Å². The number of carbonyl (C=O) groups is 1. The summed E-state index contributed by atoms with van der Waals surface area (Å²) in [5, 5.41) is 17.8. The number of halogens is 6. The molecule has 2 aromatic heterocycles. The van der Waals surface area contributed by atoms with Crippen molar-refractivity contribution in [1.29, 1.82) is 0 Å². The number of nitrogens with one attached hydrogen (secondary N) is 1. The lowest BCUT2D eigenvalue weighted by Crippen LogP contribution is -2.50. The Labute approximate surface area is 214 Å². The van der Waals surface area contributed by atoms with E-state index in [1.165, 1.54) is 0 Å². The van der Waals surface area contributed by atoms with Crippen LogP contribution < -0.4 is 5.32 Å². The van der Waals surface area contributed by atoms with E-state index in [1.807, 2.05) is 6.92 Å². The van der Waals surface area contributed by atoms with E-state index in [-0.39, 0.29) is 12.8 Å². The largest absolute Gasteiger partial charge is 0.417 e. The highest BCUT2D eigenvalue weighted by Gasteiger charge is 2.48. The van der Waals surface area contributed by atoms with Gasteiger partial charge in [-0.15, -0.1) is 0 Å². The molecule has 4 rings (SSSR count). The van der Waals surface area contributed by atoms with Gasteiger partial charge in [0, 0.05) is 37.3 Å². The Morgan fingerprint density at radius 1 is 1.16 bits per heavy atom. The van der Waals surface area contributed by atoms with Crippen molar-refractivity contribution >= 4 is 17.5 Å². The van der Waals surface area contributed by atoms with Gasteiger partial charge in [-0.05, 0) is 43.0 Å². The van der Waals surface area contributed by atoms with Crippen molar-refractivity contribution in [1.82, 2.24) is 20.1 Å². The molecule has 1 saturated carbocycles. The second kappa shape index (κ2) is 10.0. The summed E-state index contributed by atoms with van der Waals surface area (Å²) in [6.07, 6.45) is -2.70. The first-order chi connectivity index (χ1) is 17.3. The van der Waals surface area contributed by atoms with E-state index in [1.54, 1.807) is 41.3 Å². The molecule has 1 aliphatic rings. The lowest BCUT2D eigenvalue weighted by atomic mass is 9.75. The molecule has 3 aromatic rings. The number of benzene rings is 1. The maximum atomic E-state index is 13.9. The minimum absolute atomic E-state index is 0.336. The van der Waals surface area contributed by atoms with Crippen LogP contribution in [0.25, 0.3) is 11.1 Å². The molecule has 1 unspecified atom stereocenters. The molecule has 0 bridgehead atoms. The summed E-state index contributed by atoms with van der Waals surface area (Å²) in [5.41, 5.74) is -1.68. The van der Waals surface area contributed by atoms with Gasteiger partial charge in [0.15, 0.2) is 0 Å². The molecule has 0 saturated heterocycles. The molecule has 0 spiro atoms. The lowest BCUT2D eigenvalue weighted by Gasteiger charge is -2.42. The van der Waals surface area contributed by atoms with Gasteiger partial charge in [-0.1, -0.05) is 29.8 Å². The van der Waals surface area contributed by atoms with Crippen molar-refractivity contribution in [3.63, 3.8) is 0 Å². The summed E-state index contributed by atoms with van der Waals surface area (Å²) < 4.78 is 69.2. The summed E-state index contributed by atoms with van der Waals surface area (Å²) in [5.74, 6) is -3.99. The lowest BCUT2D eigenvalue weighted by molar-refractivity contribution is -0.137. The van der Waals surface area contributed by atoms with E-state index in [2.05, 4.69) is 15.4 Å². The van der Waals surface area contributed by atoms with Gasteiger partial charge in [0.25, 0.3) is 5.91 Å².